The maximum atomic E-state index is 12.2. The van der Waals surface area contributed by atoms with E-state index in [0.29, 0.717) is 19.0 Å². The van der Waals surface area contributed by atoms with Crippen LogP contribution in [0.1, 0.15) is 30.5 Å². The molecule has 0 N–H and O–H groups in total. The van der Waals surface area contributed by atoms with Gasteiger partial charge in [-0.25, -0.2) is 0 Å². The molecule has 0 aliphatic carbocycles. The zero-order valence-corrected chi connectivity index (χ0v) is 15.6. The Bertz CT molecular complexity index is 799. The molecule has 0 radical (unpaired) electrons. The van der Waals surface area contributed by atoms with Gasteiger partial charge in [-0.2, -0.15) is 8.42 Å². The maximum Gasteiger partial charge on any atom is 0.300 e. The summed E-state index contributed by atoms with van der Waals surface area (Å²) in [6, 6.07) is 12.8. The molecule has 0 saturated carbocycles. The van der Waals surface area contributed by atoms with Crippen LogP contribution >= 0.6 is 0 Å². The Kier molecular flexibility index (Phi) is 6.99. The predicted molar refractivity (Wildman–Crippen MR) is 96.1 cm³/mol. The lowest BCUT2D eigenvalue weighted by atomic mass is 10.1. The first-order chi connectivity index (χ1) is 12.0. The largest absolute Gasteiger partial charge is 0.487 e. The third-order valence-electron chi connectivity index (χ3n) is 3.50. The molecule has 0 unspecified atom stereocenters. The third-order valence-corrected chi connectivity index (χ3v) is 4.92. The van der Waals surface area contributed by atoms with E-state index in [0.717, 1.165) is 16.7 Å². The number of rotatable bonds is 9. The van der Waals surface area contributed by atoms with Gasteiger partial charge >= 0.3 is 10.1 Å². The van der Waals surface area contributed by atoms with Crippen LogP contribution in [0.3, 0.4) is 0 Å². The first-order valence-electron chi connectivity index (χ1n) is 8.24. The fourth-order valence-electron chi connectivity index (χ4n) is 2.34. The van der Waals surface area contributed by atoms with Crippen LogP contribution in [-0.2, 0) is 32.3 Å². The van der Waals surface area contributed by atoms with Crippen LogP contribution in [-0.4, -0.2) is 21.6 Å². The van der Waals surface area contributed by atoms with Gasteiger partial charge in [0.05, 0.1) is 13.2 Å². The van der Waals surface area contributed by atoms with Gasteiger partial charge in [-0.15, -0.1) is 0 Å². The Balaban J connectivity index is 2.19. The molecule has 2 aromatic carbocycles. The molecular weight excluding hydrogens is 340 g/mol. The third kappa shape index (κ3) is 5.56. The minimum absolute atomic E-state index is 0.0467. The molecule has 5 nitrogen and oxygen atoms in total. The van der Waals surface area contributed by atoms with Crippen LogP contribution in [0.4, 0.5) is 0 Å². The minimum atomic E-state index is -3.83. The summed E-state index contributed by atoms with van der Waals surface area (Å²) in [6.45, 7) is 7.00. The predicted octanol–water partition coefficient (Wildman–Crippen LogP) is 3.84. The van der Waals surface area contributed by atoms with Crippen LogP contribution in [0.25, 0.3) is 0 Å². The van der Waals surface area contributed by atoms with Gasteiger partial charge in [0, 0.05) is 6.61 Å². The summed E-state index contributed by atoms with van der Waals surface area (Å²) >= 11 is 0. The van der Waals surface area contributed by atoms with Crippen molar-refractivity contribution < 1.29 is 22.1 Å². The Labute approximate surface area is 149 Å². The van der Waals surface area contributed by atoms with Gasteiger partial charge in [-0.05, 0) is 49.6 Å². The second-order valence-corrected chi connectivity index (χ2v) is 7.14. The number of aryl methyl sites for hydroxylation is 1. The smallest absolute Gasteiger partial charge is 0.300 e. The molecule has 0 amide bonds. The topological polar surface area (TPSA) is 61.8 Å². The van der Waals surface area contributed by atoms with E-state index < -0.39 is 10.1 Å². The first kappa shape index (κ1) is 19.4. The molecule has 0 aromatic heterocycles. The lowest BCUT2D eigenvalue weighted by Crippen LogP contribution is -2.09. The Hall–Kier alpha value is -1.89. The number of hydrogen-bond donors (Lipinski definition) is 0. The van der Waals surface area contributed by atoms with Crippen molar-refractivity contribution in [3.8, 4) is 5.75 Å². The Morgan fingerprint density at radius 1 is 0.920 bits per heavy atom. The summed E-state index contributed by atoms with van der Waals surface area (Å²) < 4.78 is 40.5. The summed E-state index contributed by atoms with van der Waals surface area (Å²) in [4.78, 5) is 0.0467. The van der Waals surface area contributed by atoms with E-state index in [1.165, 1.54) is 6.07 Å². The molecule has 0 aliphatic heterocycles. The van der Waals surface area contributed by atoms with Crippen LogP contribution in [0.2, 0.25) is 0 Å². The van der Waals surface area contributed by atoms with Crippen molar-refractivity contribution in [1.29, 1.82) is 0 Å². The summed E-state index contributed by atoms with van der Waals surface area (Å²) in [5.41, 5.74) is 2.91. The fraction of sp³-hybridized carbons (Fsp3) is 0.368. The molecule has 0 fully saturated rings. The number of benzene rings is 2. The van der Waals surface area contributed by atoms with E-state index in [2.05, 4.69) is 0 Å². The van der Waals surface area contributed by atoms with Crippen molar-refractivity contribution >= 4 is 10.1 Å². The van der Waals surface area contributed by atoms with Gasteiger partial charge in [0.15, 0.2) is 0 Å². The lowest BCUT2D eigenvalue weighted by molar-refractivity contribution is 0.134. The van der Waals surface area contributed by atoms with Gasteiger partial charge in [-0.3, -0.25) is 4.18 Å². The number of hydrogen-bond acceptors (Lipinski definition) is 5. The monoisotopic (exact) mass is 364 g/mol. The highest BCUT2D eigenvalue weighted by molar-refractivity contribution is 7.86. The second-order valence-electron chi connectivity index (χ2n) is 5.56. The van der Waals surface area contributed by atoms with Crippen molar-refractivity contribution in [1.82, 2.24) is 0 Å². The van der Waals surface area contributed by atoms with Gasteiger partial charge in [0.1, 0.15) is 17.3 Å². The normalized spacial score (nSPS) is 11.5. The minimum Gasteiger partial charge on any atom is -0.487 e. The van der Waals surface area contributed by atoms with E-state index in [1.54, 1.807) is 19.1 Å². The van der Waals surface area contributed by atoms with Crippen LogP contribution < -0.4 is 4.74 Å². The molecule has 2 aromatic rings. The van der Waals surface area contributed by atoms with Crippen molar-refractivity contribution in [2.45, 2.75) is 38.9 Å². The highest BCUT2D eigenvalue weighted by atomic mass is 32.2. The molecule has 6 heteroatoms. The quantitative estimate of drug-likeness (QED) is 0.633. The van der Waals surface area contributed by atoms with E-state index in [-0.39, 0.29) is 18.1 Å². The number of ether oxygens (including phenoxy) is 2. The Morgan fingerprint density at radius 2 is 1.64 bits per heavy atom. The standard InChI is InChI=1S/C19H24O5S/c1-4-22-13-16-7-6-8-17(12-16)14-23-18-11-15(3)9-10-19(18)25(20,21)24-5-2/h6-12H,4-5,13-14H2,1-3H3. The summed E-state index contributed by atoms with van der Waals surface area (Å²) in [7, 11) is -3.83. The van der Waals surface area contributed by atoms with Crippen molar-refractivity contribution in [3.63, 3.8) is 0 Å². The van der Waals surface area contributed by atoms with Crippen molar-refractivity contribution in [2.75, 3.05) is 13.2 Å². The van der Waals surface area contributed by atoms with Crippen molar-refractivity contribution in [2.24, 2.45) is 0 Å². The highest BCUT2D eigenvalue weighted by Crippen LogP contribution is 2.27. The zero-order chi connectivity index (χ0) is 18.3. The first-order valence-corrected chi connectivity index (χ1v) is 9.65. The van der Waals surface area contributed by atoms with Gasteiger partial charge in [0.2, 0.25) is 0 Å². The van der Waals surface area contributed by atoms with Crippen LogP contribution in [0.5, 0.6) is 5.75 Å². The molecule has 0 saturated heterocycles. The average molecular weight is 364 g/mol. The lowest BCUT2D eigenvalue weighted by Gasteiger charge is -2.13. The molecule has 136 valence electrons. The summed E-state index contributed by atoms with van der Waals surface area (Å²) in [5.74, 6) is 0.295. The van der Waals surface area contributed by atoms with Crippen LogP contribution in [0, 0.1) is 6.92 Å². The Morgan fingerprint density at radius 3 is 2.32 bits per heavy atom. The molecule has 0 bridgehead atoms. The summed E-state index contributed by atoms with van der Waals surface area (Å²) in [5, 5.41) is 0. The molecule has 0 spiro atoms. The van der Waals surface area contributed by atoms with Gasteiger partial charge < -0.3 is 9.47 Å². The van der Waals surface area contributed by atoms with E-state index >= 15 is 0 Å². The average Bonchev–Trinajstić information content (AvgIpc) is 2.58. The molecule has 0 aliphatic rings. The molecule has 0 atom stereocenters. The molecular formula is C19H24O5S. The SMILES string of the molecule is CCOCc1cccc(COc2cc(C)ccc2S(=O)(=O)OCC)c1. The maximum absolute atomic E-state index is 12.2. The fourth-order valence-corrected chi connectivity index (χ4v) is 3.38. The van der Waals surface area contributed by atoms with Crippen molar-refractivity contribution in [3.05, 3.63) is 59.2 Å². The zero-order valence-electron chi connectivity index (χ0n) is 14.8. The molecule has 2 rings (SSSR count). The summed E-state index contributed by atoms with van der Waals surface area (Å²) in [6.07, 6.45) is 0. The second kappa shape index (κ2) is 8.99. The van der Waals surface area contributed by atoms with Gasteiger partial charge in [-0.1, -0.05) is 30.3 Å². The van der Waals surface area contributed by atoms with Gasteiger partial charge in [0.25, 0.3) is 0 Å². The highest BCUT2D eigenvalue weighted by Gasteiger charge is 2.20. The molecule has 25 heavy (non-hydrogen) atoms. The van der Waals surface area contributed by atoms with E-state index in [9.17, 15) is 8.42 Å². The van der Waals surface area contributed by atoms with E-state index in [1.807, 2.05) is 38.1 Å². The van der Waals surface area contributed by atoms with Crippen LogP contribution in [0.15, 0.2) is 47.4 Å². The van der Waals surface area contributed by atoms with E-state index in [4.69, 9.17) is 13.7 Å². The molecule has 0 heterocycles.